The lowest BCUT2D eigenvalue weighted by Crippen LogP contribution is -2.50. The van der Waals surface area contributed by atoms with Gasteiger partial charge < -0.3 is 35.9 Å². The monoisotopic (exact) mass is 542 g/mol. The Morgan fingerprint density at radius 1 is 1.10 bits per heavy atom. The van der Waals surface area contributed by atoms with Gasteiger partial charge >= 0.3 is 0 Å². The largest absolute Gasteiger partial charge is 0.468 e. The molecule has 3 aromatic carbocycles. The molecule has 1 fully saturated rings. The maximum atomic E-state index is 13.3. The van der Waals surface area contributed by atoms with Crippen molar-refractivity contribution in [2.45, 2.75) is 43.6 Å². The Balaban J connectivity index is 1.28. The van der Waals surface area contributed by atoms with Crippen LogP contribution in [0.25, 0.3) is 0 Å². The van der Waals surface area contributed by atoms with Gasteiger partial charge in [0, 0.05) is 47.6 Å². The first-order chi connectivity index (χ1) is 19.4. The van der Waals surface area contributed by atoms with Crippen LogP contribution in [0.1, 0.15) is 41.5 Å². The summed E-state index contributed by atoms with van der Waals surface area (Å²) in [4.78, 5) is 38.2. The lowest BCUT2D eigenvalue weighted by atomic mass is 9.77. The first kappa shape index (κ1) is 25.8. The van der Waals surface area contributed by atoms with Gasteiger partial charge in [0.1, 0.15) is 17.5 Å². The third-order valence-electron chi connectivity index (χ3n) is 7.84. The molecule has 3 aliphatic heterocycles. The fourth-order valence-electron chi connectivity index (χ4n) is 5.96. The van der Waals surface area contributed by atoms with Crippen molar-refractivity contribution in [1.29, 1.82) is 0 Å². The van der Waals surface area contributed by atoms with Gasteiger partial charge in [0.15, 0.2) is 5.60 Å². The number of amides is 2. The number of nitrogens with zero attached hydrogens (tertiary/aromatic N) is 1. The molecule has 2 amide bonds. The van der Waals surface area contributed by atoms with E-state index < -0.39 is 17.7 Å². The minimum Gasteiger partial charge on any atom is -0.468 e. The molecule has 1 saturated heterocycles. The van der Waals surface area contributed by atoms with Crippen molar-refractivity contribution in [3.05, 3.63) is 82.9 Å². The van der Waals surface area contributed by atoms with Crippen LogP contribution in [0.4, 0.5) is 11.4 Å². The molecule has 1 spiro atoms. The SMILES string of the molecule is Nc1ccc2c(c1)Oc1cc(NC(=O)[C@@H]3CCCN3C(=O)[C@@H](N)CCOC=O)ccc1C21OCc2ccccc21. The van der Waals surface area contributed by atoms with Crippen LogP contribution >= 0.6 is 0 Å². The van der Waals surface area contributed by atoms with Gasteiger partial charge in [0.05, 0.1) is 19.3 Å². The highest BCUT2D eigenvalue weighted by Crippen LogP contribution is 2.56. The van der Waals surface area contributed by atoms with Crippen LogP contribution in [-0.4, -0.2) is 48.4 Å². The maximum absolute atomic E-state index is 13.3. The molecule has 0 aliphatic carbocycles. The molecule has 0 radical (unpaired) electrons. The van der Waals surface area contributed by atoms with Crippen molar-refractivity contribution in [2.75, 3.05) is 24.2 Å². The summed E-state index contributed by atoms with van der Waals surface area (Å²) in [6.07, 6.45) is 1.40. The Kier molecular flexibility index (Phi) is 6.65. The van der Waals surface area contributed by atoms with E-state index >= 15 is 0 Å². The van der Waals surface area contributed by atoms with E-state index in [1.165, 1.54) is 4.90 Å². The minimum absolute atomic E-state index is 0.0424. The number of anilines is 2. The first-order valence-corrected chi connectivity index (χ1v) is 13.3. The van der Waals surface area contributed by atoms with Crippen LogP contribution in [0, 0.1) is 0 Å². The van der Waals surface area contributed by atoms with Crippen molar-refractivity contribution in [2.24, 2.45) is 5.73 Å². The van der Waals surface area contributed by atoms with Gasteiger partial charge in [-0.25, -0.2) is 0 Å². The topological polar surface area (TPSA) is 146 Å². The summed E-state index contributed by atoms with van der Waals surface area (Å²) in [6, 6.07) is 17.6. The number of likely N-dealkylation sites (tertiary alicyclic amines) is 1. The third kappa shape index (κ3) is 4.25. The van der Waals surface area contributed by atoms with E-state index in [9.17, 15) is 14.4 Å². The Morgan fingerprint density at radius 3 is 2.70 bits per heavy atom. The Bertz CT molecular complexity index is 1490. The molecule has 0 aromatic heterocycles. The summed E-state index contributed by atoms with van der Waals surface area (Å²) in [7, 11) is 0. The van der Waals surface area contributed by atoms with Gasteiger partial charge in [0.25, 0.3) is 6.47 Å². The Hall–Kier alpha value is -4.41. The summed E-state index contributed by atoms with van der Waals surface area (Å²) in [6.45, 7) is 1.25. The second-order valence-electron chi connectivity index (χ2n) is 10.2. The summed E-state index contributed by atoms with van der Waals surface area (Å²) >= 11 is 0. The van der Waals surface area contributed by atoms with E-state index in [-0.39, 0.29) is 24.8 Å². The van der Waals surface area contributed by atoms with Crippen molar-refractivity contribution < 1.29 is 28.6 Å². The van der Waals surface area contributed by atoms with Crippen molar-refractivity contribution in [1.82, 2.24) is 4.90 Å². The summed E-state index contributed by atoms with van der Waals surface area (Å²) in [5.74, 6) is 0.492. The molecule has 40 heavy (non-hydrogen) atoms. The quantitative estimate of drug-likeness (QED) is 0.235. The highest BCUT2D eigenvalue weighted by molar-refractivity contribution is 5.98. The first-order valence-electron chi connectivity index (χ1n) is 13.3. The molecular formula is C30H30N4O6. The Morgan fingerprint density at radius 2 is 1.88 bits per heavy atom. The zero-order valence-corrected chi connectivity index (χ0v) is 21.8. The third-order valence-corrected chi connectivity index (χ3v) is 7.84. The van der Waals surface area contributed by atoms with Crippen molar-refractivity contribution in [3.63, 3.8) is 0 Å². The lowest BCUT2D eigenvalue weighted by Gasteiger charge is -2.37. The van der Waals surface area contributed by atoms with Crippen LogP contribution in [0.2, 0.25) is 0 Å². The lowest BCUT2D eigenvalue weighted by molar-refractivity contribution is -0.138. The van der Waals surface area contributed by atoms with Gasteiger partial charge in [-0.05, 0) is 48.2 Å². The summed E-state index contributed by atoms with van der Waals surface area (Å²) in [5.41, 5.74) is 16.2. The van der Waals surface area contributed by atoms with Gasteiger partial charge in [0.2, 0.25) is 11.8 Å². The molecule has 3 aromatic rings. The van der Waals surface area contributed by atoms with E-state index in [0.29, 0.717) is 55.3 Å². The molecule has 3 atom stereocenters. The average Bonchev–Trinajstić information content (AvgIpc) is 3.59. The number of nitrogens with one attached hydrogen (secondary N) is 1. The smallest absolute Gasteiger partial charge is 0.293 e. The number of nitrogens with two attached hydrogens (primary N) is 2. The number of carbonyl (C=O) groups is 3. The number of fused-ring (bicyclic) bond motifs is 6. The van der Waals surface area contributed by atoms with E-state index in [0.717, 1.165) is 22.3 Å². The fourth-order valence-corrected chi connectivity index (χ4v) is 5.96. The van der Waals surface area contributed by atoms with E-state index in [4.69, 9.17) is 20.9 Å². The normalized spacial score (nSPS) is 21.1. The molecule has 206 valence electrons. The van der Waals surface area contributed by atoms with Gasteiger partial charge in [-0.15, -0.1) is 0 Å². The molecular weight excluding hydrogens is 512 g/mol. The number of rotatable bonds is 7. The minimum atomic E-state index is -0.867. The number of nitrogen functional groups attached to an aromatic ring is 1. The Labute approximate surface area is 231 Å². The zero-order chi connectivity index (χ0) is 27.9. The second-order valence-corrected chi connectivity index (χ2v) is 10.2. The molecule has 0 saturated carbocycles. The number of hydrogen-bond acceptors (Lipinski definition) is 8. The number of ether oxygens (including phenoxy) is 3. The molecule has 3 aliphatic rings. The fraction of sp³-hybridized carbons (Fsp3) is 0.300. The van der Waals surface area contributed by atoms with Crippen LogP contribution in [0.5, 0.6) is 11.5 Å². The summed E-state index contributed by atoms with van der Waals surface area (Å²) in [5, 5.41) is 2.95. The van der Waals surface area contributed by atoms with Gasteiger partial charge in [-0.1, -0.05) is 24.3 Å². The predicted octanol–water partition coefficient (Wildman–Crippen LogP) is 3.02. The number of carbonyl (C=O) groups excluding carboxylic acids is 3. The molecule has 10 nitrogen and oxygen atoms in total. The van der Waals surface area contributed by atoms with Crippen molar-refractivity contribution in [3.8, 4) is 11.5 Å². The van der Waals surface area contributed by atoms with Crippen LogP contribution in [0.3, 0.4) is 0 Å². The highest BCUT2D eigenvalue weighted by Gasteiger charge is 2.49. The van der Waals surface area contributed by atoms with E-state index in [1.54, 1.807) is 12.1 Å². The number of hydrogen-bond donors (Lipinski definition) is 3. The molecule has 6 rings (SSSR count). The van der Waals surface area contributed by atoms with Gasteiger partial charge in [-0.3, -0.25) is 14.4 Å². The van der Waals surface area contributed by atoms with E-state index in [2.05, 4.69) is 22.2 Å². The van der Waals surface area contributed by atoms with Crippen molar-refractivity contribution >= 4 is 29.7 Å². The highest BCUT2D eigenvalue weighted by atomic mass is 16.5. The van der Waals surface area contributed by atoms with Crippen LogP contribution in [-0.2, 0) is 36.1 Å². The molecule has 1 unspecified atom stereocenters. The van der Waals surface area contributed by atoms with Crippen LogP contribution < -0.4 is 21.5 Å². The molecule has 0 bridgehead atoms. The van der Waals surface area contributed by atoms with Gasteiger partial charge in [-0.2, -0.15) is 0 Å². The predicted molar refractivity (Wildman–Crippen MR) is 146 cm³/mol. The zero-order valence-electron chi connectivity index (χ0n) is 21.8. The number of benzene rings is 3. The standard InChI is InChI=1S/C30H30N4O6/c31-19-7-9-22-26(14-19)40-27-15-20(8-10-23(27)30(22)21-5-2-1-4-18(21)16-39-30)33-28(36)25-6-3-12-34(25)29(37)24(32)11-13-38-17-35/h1-2,4-5,7-10,14-15,17,24-25H,3,6,11-13,16,31-32H2,(H,33,36)/t24-,25-,30?/m0/s1. The van der Waals surface area contributed by atoms with Crippen LogP contribution in [0.15, 0.2) is 60.7 Å². The second kappa shape index (κ2) is 10.3. The average molecular weight is 543 g/mol. The summed E-state index contributed by atoms with van der Waals surface area (Å²) < 4.78 is 17.5. The molecule has 3 heterocycles. The maximum Gasteiger partial charge on any atom is 0.293 e. The molecule has 5 N–H and O–H groups in total. The molecule has 10 heteroatoms. The van der Waals surface area contributed by atoms with E-state index in [1.807, 2.05) is 36.4 Å².